The van der Waals surface area contributed by atoms with Crippen molar-refractivity contribution in [2.45, 2.75) is 16.2 Å². The first kappa shape index (κ1) is 9.86. The maximum Gasteiger partial charge on any atom is 0.179 e. The summed E-state index contributed by atoms with van der Waals surface area (Å²) in [6.45, 7) is 1.97. The fraction of sp³-hybridized carbons (Fsp3) is 0.0909. The molecular formula is C11H9N3S2. The number of aromatic nitrogens is 3. The van der Waals surface area contributed by atoms with Crippen LogP contribution in [0.3, 0.4) is 0 Å². The van der Waals surface area contributed by atoms with Crippen molar-refractivity contribution >= 4 is 34.0 Å². The molecule has 0 unspecified atom stereocenters. The molecule has 2 aromatic heterocycles. The highest BCUT2D eigenvalue weighted by Gasteiger charge is 2.07. The van der Waals surface area contributed by atoms with E-state index in [1.165, 1.54) is 10.3 Å². The van der Waals surface area contributed by atoms with Crippen LogP contribution in [0.1, 0.15) is 5.01 Å². The third-order valence-corrected chi connectivity index (χ3v) is 4.20. The molecule has 3 nitrogen and oxygen atoms in total. The van der Waals surface area contributed by atoms with Gasteiger partial charge in [0, 0.05) is 22.0 Å². The van der Waals surface area contributed by atoms with E-state index in [2.05, 4.69) is 27.3 Å². The lowest BCUT2D eigenvalue weighted by Crippen LogP contribution is -1.71. The topological polar surface area (TPSA) is 41.6 Å². The summed E-state index contributed by atoms with van der Waals surface area (Å²) in [5, 5.41) is 10.4. The summed E-state index contributed by atoms with van der Waals surface area (Å²) in [7, 11) is 0. The molecule has 3 aromatic rings. The van der Waals surface area contributed by atoms with E-state index < -0.39 is 0 Å². The summed E-state index contributed by atoms with van der Waals surface area (Å²) in [6, 6.07) is 8.26. The Kier molecular flexibility index (Phi) is 2.41. The van der Waals surface area contributed by atoms with E-state index in [0.29, 0.717) is 0 Å². The molecular weight excluding hydrogens is 238 g/mol. The van der Waals surface area contributed by atoms with E-state index in [4.69, 9.17) is 0 Å². The molecule has 0 radical (unpaired) electrons. The van der Waals surface area contributed by atoms with Crippen molar-refractivity contribution in [1.29, 1.82) is 0 Å². The molecule has 0 saturated heterocycles. The van der Waals surface area contributed by atoms with Crippen LogP contribution in [0.15, 0.2) is 39.7 Å². The Labute approximate surface area is 101 Å². The number of benzene rings is 1. The number of nitrogens with one attached hydrogen (secondary N) is 1. The normalized spacial score (nSPS) is 11.1. The van der Waals surface area contributed by atoms with Crippen LogP contribution in [-0.2, 0) is 0 Å². The number of aromatic amines is 1. The molecule has 0 aliphatic heterocycles. The summed E-state index contributed by atoms with van der Waals surface area (Å²) < 4.78 is 0.988. The summed E-state index contributed by atoms with van der Waals surface area (Å²) in [4.78, 5) is 4.45. The lowest BCUT2D eigenvalue weighted by atomic mass is 10.2. The van der Waals surface area contributed by atoms with Crippen molar-refractivity contribution in [3.8, 4) is 0 Å². The summed E-state index contributed by atoms with van der Waals surface area (Å²) in [6.07, 6.45) is 2.02. The number of rotatable bonds is 2. The Bertz CT molecular complexity index is 627. The molecule has 0 spiro atoms. The molecule has 0 aliphatic rings. The highest BCUT2D eigenvalue weighted by atomic mass is 32.2. The molecule has 0 aliphatic carbocycles. The molecule has 0 amide bonds. The van der Waals surface area contributed by atoms with E-state index in [1.54, 1.807) is 23.1 Å². The number of aryl methyl sites for hydroxylation is 1. The third kappa shape index (κ3) is 1.72. The molecule has 0 atom stereocenters. The van der Waals surface area contributed by atoms with Gasteiger partial charge in [-0.3, -0.25) is 0 Å². The van der Waals surface area contributed by atoms with Crippen molar-refractivity contribution in [1.82, 2.24) is 15.2 Å². The molecule has 1 aromatic carbocycles. The summed E-state index contributed by atoms with van der Waals surface area (Å²) in [5.74, 6) is 0. The van der Waals surface area contributed by atoms with Crippen LogP contribution in [0.25, 0.3) is 10.9 Å². The van der Waals surface area contributed by atoms with Gasteiger partial charge in [0.2, 0.25) is 0 Å². The van der Waals surface area contributed by atoms with E-state index >= 15 is 0 Å². The largest absolute Gasteiger partial charge is 0.360 e. The number of fused-ring (bicyclic) bond motifs is 1. The summed E-state index contributed by atoms with van der Waals surface area (Å²) >= 11 is 3.28. The first-order valence-corrected chi connectivity index (χ1v) is 6.50. The van der Waals surface area contributed by atoms with Gasteiger partial charge in [-0.25, -0.2) is 0 Å². The van der Waals surface area contributed by atoms with Crippen LogP contribution in [0.4, 0.5) is 0 Å². The number of nitrogens with zero attached hydrogens (tertiary/aromatic N) is 2. The van der Waals surface area contributed by atoms with Gasteiger partial charge >= 0.3 is 0 Å². The second-order valence-electron chi connectivity index (χ2n) is 3.39. The fourth-order valence-corrected chi connectivity index (χ4v) is 3.43. The zero-order chi connectivity index (χ0) is 11.0. The van der Waals surface area contributed by atoms with Crippen LogP contribution >= 0.6 is 23.1 Å². The molecule has 2 heterocycles. The van der Waals surface area contributed by atoms with Gasteiger partial charge in [0.25, 0.3) is 0 Å². The van der Waals surface area contributed by atoms with E-state index in [1.807, 2.05) is 25.3 Å². The molecule has 5 heteroatoms. The second kappa shape index (κ2) is 3.92. The van der Waals surface area contributed by atoms with E-state index in [-0.39, 0.29) is 0 Å². The van der Waals surface area contributed by atoms with Crippen LogP contribution in [0.5, 0.6) is 0 Å². The van der Waals surface area contributed by atoms with E-state index in [9.17, 15) is 0 Å². The van der Waals surface area contributed by atoms with E-state index in [0.717, 1.165) is 14.9 Å². The van der Waals surface area contributed by atoms with Crippen LogP contribution < -0.4 is 0 Å². The minimum Gasteiger partial charge on any atom is -0.360 e. The van der Waals surface area contributed by atoms with Gasteiger partial charge in [0.1, 0.15) is 5.01 Å². The zero-order valence-electron chi connectivity index (χ0n) is 8.60. The average Bonchev–Trinajstić information content (AvgIpc) is 2.87. The first-order valence-electron chi connectivity index (χ1n) is 4.87. The Balaban J connectivity index is 2.00. The van der Waals surface area contributed by atoms with Gasteiger partial charge in [-0.15, -0.1) is 10.2 Å². The number of para-hydroxylation sites is 1. The first-order chi connectivity index (χ1) is 7.83. The van der Waals surface area contributed by atoms with Crippen molar-refractivity contribution < 1.29 is 0 Å². The highest BCUT2D eigenvalue weighted by molar-refractivity contribution is 8.01. The van der Waals surface area contributed by atoms with Gasteiger partial charge in [-0.05, 0) is 13.0 Å². The minimum atomic E-state index is 0.988. The molecule has 0 fully saturated rings. The Morgan fingerprint density at radius 1 is 1.25 bits per heavy atom. The highest BCUT2D eigenvalue weighted by Crippen LogP contribution is 2.34. The molecule has 0 bridgehead atoms. The predicted molar refractivity (Wildman–Crippen MR) is 67.1 cm³/mol. The number of hydrogen-bond donors (Lipinski definition) is 1. The van der Waals surface area contributed by atoms with Crippen molar-refractivity contribution in [3.05, 3.63) is 35.5 Å². The Hall–Kier alpha value is -1.33. The van der Waals surface area contributed by atoms with Crippen LogP contribution in [-0.4, -0.2) is 15.2 Å². The zero-order valence-corrected chi connectivity index (χ0v) is 10.2. The molecule has 0 saturated carbocycles. The maximum atomic E-state index is 4.12. The molecule has 16 heavy (non-hydrogen) atoms. The Morgan fingerprint density at radius 2 is 2.12 bits per heavy atom. The van der Waals surface area contributed by atoms with Gasteiger partial charge in [-0.2, -0.15) is 0 Å². The second-order valence-corrected chi connectivity index (χ2v) is 5.86. The van der Waals surface area contributed by atoms with Gasteiger partial charge in [0.05, 0.1) is 0 Å². The summed E-state index contributed by atoms with van der Waals surface area (Å²) in [5.41, 5.74) is 1.16. The van der Waals surface area contributed by atoms with Crippen molar-refractivity contribution in [2.24, 2.45) is 0 Å². The number of hydrogen-bond acceptors (Lipinski definition) is 4. The SMILES string of the molecule is Cc1nnc(Sc2c[nH]c3ccccc23)s1. The quantitative estimate of drug-likeness (QED) is 0.753. The van der Waals surface area contributed by atoms with Crippen molar-refractivity contribution in [2.75, 3.05) is 0 Å². The van der Waals surface area contributed by atoms with Gasteiger partial charge in [0.15, 0.2) is 4.34 Å². The minimum absolute atomic E-state index is 0.988. The molecule has 1 N–H and O–H groups in total. The molecule has 80 valence electrons. The Morgan fingerprint density at radius 3 is 2.94 bits per heavy atom. The lowest BCUT2D eigenvalue weighted by Gasteiger charge is -1.93. The third-order valence-electron chi connectivity index (χ3n) is 2.26. The predicted octanol–water partition coefficient (Wildman–Crippen LogP) is 3.48. The van der Waals surface area contributed by atoms with Crippen LogP contribution in [0, 0.1) is 6.92 Å². The smallest absolute Gasteiger partial charge is 0.179 e. The standard InChI is InChI=1S/C11H9N3S2/c1-7-13-14-11(15-7)16-10-6-12-9-5-3-2-4-8(9)10/h2-6,12H,1H3. The molecule has 3 rings (SSSR count). The van der Waals surface area contributed by atoms with Gasteiger partial charge < -0.3 is 4.98 Å². The fourth-order valence-electron chi connectivity index (χ4n) is 1.54. The van der Waals surface area contributed by atoms with Crippen molar-refractivity contribution in [3.63, 3.8) is 0 Å². The average molecular weight is 247 g/mol. The maximum absolute atomic E-state index is 4.12. The van der Waals surface area contributed by atoms with Gasteiger partial charge in [-0.1, -0.05) is 41.3 Å². The van der Waals surface area contributed by atoms with Crippen LogP contribution in [0.2, 0.25) is 0 Å². The number of H-pyrrole nitrogens is 1. The lowest BCUT2D eigenvalue weighted by molar-refractivity contribution is 0.984. The monoisotopic (exact) mass is 247 g/mol.